The number of halogens is 1. The molecule has 0 aromatic heterocycles. The van der Waals surface area contributed by atoms with E-state index in [0.29, 0.717) is 5.69 Å². The van der Waals surface area contributed by atoms with Crippen LogP contribution in [-0.4, -0.2) is 29.8 Å². The van der Waals surface area contributed by atoms with Crippen molar-refractivity contribution in [3.63, 3.8) is 0 Å². The number of hydrogen-bond acceptors (Lipinski definition) is 5. The minimum atomic E-state index is -0.972. The van der Waals surface area contributed by atoms with E-state index in [2.05, 4.69) is 37.6 Å². The van der Waals surface area contributed by atoms with Gasteiger partial charge in [-0.3, -0.25) is 10.2 Å². The molecule has 0 saturated carbocycles. The largest absolute Gasteiger partial charge is 0.490 e. The highest BCUT2D eigenvalue weighted by Crippen LogP contribution is 2.28. The molecule has 0 heterocycles. The minimum Gasteiger partial charge on any atom is -0.490 e. The smallest absolute Gasteiger partial charge is 0.330 e. The monoisotopic (exact) mass is 374 g/mol. The Hall–Kier alpha value is -2.00. The summed E-state index contributed by atoms with van der Waals surface area (Å²) in [5.74, 6) is -0.250. The predicted octanol–water partition coefficient (Wildman–Crippen LogP) is 1.84. The number of carboxylic acids is 1. The third-order valence-corrected chi connectivity index (χ3v) is 2.92. The molecule has 0 aliphatic rings. The molecule has 122 valence electrons. The van der Waals surface area contributed by atoms with Crippen molar-refractivity contribution < 1.29 is 19.4 Å². The summed E-state index contributed by atoms with van der Waals surface area (Å²) in [7, 11) is 0. The van der Waals surface area contributed by atoms with Gasteiger partial charge in [0.2, 0.25) is 0 Å². The van der Waals surface area contributed by atoms with Crippen LogP contribution in [0.1, 0.15) is 20.3 Å². The number of anilines is 1. The van der Waals surface area contributed by atoms with Crippen molar-refractivity contribution in [3.05, 3.63) is 22.7 Å². The zero-order valence-corrected chi connectivity index (χ0v) is 13.9. The summed E-state index contributed by atoms with van der Waals surface area (Å²) >= 11 is 3.40. The zero-order valence-electron chi connectivity index (χ0n) is 12.3. The molecule has 1 rings (SSSR count). The van der Waals surface area contributed by atoms with Crippen molar-refractivity contribution in [2.75, 3.05) is 12.0 Å². The first-order chi connectivity index (χ1) is 10.4. The van der Waals surface area contributed by atoms with E-state index in [9.17, 15) is 9.59 Å². The highest BCUT2D eigenvalue weighted by atomic mass is 79.9. The van der Waals surface area contributed by atoms with Gasteiger partial charge in [-0.2, -0.15) is 0 Å². The Morgan fingerprint density at radius 1 is 1.36 bits per heavy atom. The summed E-state index contributed by atoms with van der Waals surface area (Å²) in [6, 6.07) is 4.82. The predicted molar refractivity (Wildman–Crippen MR) is 85.5 cm³/mol. The maximum Gasteiger partial charge on any atom is 0.330 e. The van der Waals surface area contributed by atoms with Crippen LogP contribution < -0.4 is 26.4 Å². The van der Waals surface area contributed by atoms with Crippen molar-refractivity contribution in [1.29, 1.82) is 0 Å². The number of benzene rings is 1. The molecule has 0 aliphatic heterocycles. The SMILES string of the molecule is CC(C)Oc1ccc(NNNC(=O)NCCC(=O)O)cc1Br. The fraction of sp³-hybridized carbons (Fsp3) is 0.385. The topological polar surface area (TPSA) is 112 Å². The van der Waals surface area contributed by atoms with Crippen LogP contribution >= 0.6 is 15.9 Å². The van der Waals surface area contributed by atoms with Crippen LogP contribution in [0.25, 0.3) is 0 Å². The molecule has 0 radical (unpaired) electrons. The van der Waals surface area contributed by atoms with Crippen molar-refractivity contribution >= 4 is 33.6 Å². The Morgan fingerprint density at radius 3 is 2.68 bits per heavy atom. The zero-order chi connectivity index (χ0) is 16.5. The fourth-order valence-electron chi connectivity index (χ4n) is 1.42. The van der Waals surface area contributed by atoms with Crippen molar-refractivity contribution in [3.8, 4) is 5.75 Å². The number of rotatable bonds is 8. The molecule has 1 aromatic rings. The quantitative estimate of drug-likeness (QED) is 0.444. The normalized spacial score (nSPS) is 10.2. The first-order valence-corrected chi connectivity index (χ1v) is 7.40. The number of urea groups is 1. The van der Waals surface area contributed by atoms with Crippen molar-refractivity contribution in [2.24, 2.45) is 0 Å². The first-order valence-electron chi connectivity index (χ1n) is 6.61. The average Bonchev–Trinajstić information content (AvgIpc) is 2.41. The second-order valence-corrected chi connectivity index (χ2v) is 5.44. The number of carbonyl (C=O) groups excluding carboxylic acids is 1. The van der Waals surface area contributed by atoms with Gasteiger partial charge in [-0.15, -0.1) is 5.53 Å². The third kappa shape index (κ3) is 7.14. The van der Waals surface area contributed by atoms with Gasteiger partial charge in [0.1, 0.15) is 5.75 Å². The number of hydrazine groups is 2. The number of carboxylic acid groups (broad SMARTS) is 1. The van der Waals surface area contributed by atoms with Crippen LogP contribution in [0.3, 0.4) is 0 Å². The van der Waals surface area contributed by atoms with E-state index in [-0.39, 0.29) is 19.1 Å². The summed E-state index contributed by atoms with van der Waals surface area (Å²) in [6.07, 6.45) is -0.0603. The van der Waals surface area contributed by atoms with Gasteiger partial charge in [-0.25, -0.2) is 4.79 Å². The van der Waals surface area contributed by atoms with Crippen molar-refractivity contribution in [2.45, 2.75) is 26.4 Å². The molecule has 0 bridgehead atoms. The minimum absolute atomic E-state index is 0.0512. The molecule has 0 fully saturated rings. The summed E-state index contributed by atoms with van der Waals surface area (Å²) < 4.78 is 6.36. The van der Waals surface area contributed by atoms with Gasteiger partial charge < -0.3 is 20.6 Å². The molecule has 0 atom stereocenters. The molecule has 9 heteroatoms. The molecule has 1 aromatic carbocycles. The van der Waals surface area contributed by atoms with E-state index in [0.717, 1.165) is 10.2 Å². The molecule has 8 nitrogen and oxygen atoms in total. The molecule has 5 N–H and O–H groups in total. The van der Waals surface area contributed by atoms with Gasteiger partial charge >= 0.3 is 12.0 Å². The van der Waals surface area contributed by atoms with Crippen LogP contribution in [0, 0.1) is 0 Å². The number of amides is 2. The number of aliphatic carboxylic acids is 1. The summed E-state index contributed by atoms with van der Waals surface area (Å²) in [5, 5.41) is 10.8. The second kappa shape index (κ2) is 9.11. The van der Waals surface area contributed by atoms with E-state index in [1.165, 1.54) is 0 Å². The summed E-state index contributed by atoms with van der Waals surface area (Å²) in [6.45, 7) is 3.93. The Bertz CT molecular complexity index is 525. The highest BCUT2D eigenvalue weighted by Gasteiger charge is 2.05. The lowest BCUT2D eigenvalue weighted by molar-refractivity contribution is -0.136. The fourth-order valence-corrected chi connectivity index (χ4v) is 1.89. The number of hydrogen-bond donors (Lipinski definition) is 5. The molecule has 0 spiro atoms. The molecular formula is C13H19BrN4O4. The Morgan fingerprint density at radius 2 is 2.09 bits per heavy atom. The van der Waals surface area contributed by atoms with Gasteiger partial charge in [0, 0.05) is 6.54 Å². The van der Waals surface area contributed by atoms with Crippen LogP contribution in [0.5, 0.6) is 5.75 Å². The van der Waals surface area contributed by atoms with Crippen LogP contribution in [-0.2, 0) is 4.79 Å². The number of nitrogens with one attached hydrogen (secondary N) is 4. The lowest BCUT2D eigenvalue weighted by Gasteiger charge is -2.14. The van der Waals surface area contributed by atoms with Gasteiger partial charge in [-0.05, 0) is 48.0 Å². The Labute approximate surface area is 136 Å². The molecule has 2 amide bonds. The Kier molecular flexibility index (Phi) is 7.47. The standard InChI is InChI=1S/C13H19BrN4O4/c1-8(2)22-11-4-3-9(7-10(11)14)16-18-17-13(21)15-6-5-12(19)20/h3-4,7-8,16,18H,5-6H2,1-2H3,(H,19,20)(H2,15,17,21). The average molecular weight is 375 g/mol. The maximum absolute atomic E-state index is 11.3. The summed E-state index contributed by atoms with van der Waals surface area (Å²) in [4.78, 5) is 21.6. The van der Waals surface area contributed by atoms with Gasteiger partial charge in [-0.1, -0.05) is 0 Å². The van der Waals surface area contributed by atoms with Crippen LogP contribution in [0.2, 0.25) is 0 Å². The molecule has 0 unspecified atom stereocenters. The maximum atomic E-state index is 11.3. The van der Waals surface area contributed by atoms with E-state index < -0.39 is 12.0 Å². The summed E-state index contributed by atoms with van der Waals surface area (Å²) in [5.41, 5.74) is 8.30. The molecule has 22 heavy (non-hydrogen) atoms. The second-order valence-electron chi connectivity index (χ2n) is 4.59. The van der Waals surface area contributed by atoms with Crippen molar-refractivity contribution in [1.82, 2.24) is 16.3 Å². The third-order valence-electron chi connectivity index (χ3n) is 2.30. The van der Waals surface area contributed by atoms with E-state index in [4.69, 9.17) is 9.84 Å². The molecule has 0 aliphatic carbocycles. The Balaban J connectivity index is 2.34. The first kappa shape index (κ1) is 18.1. The van der Waals surface area contributed by atoms with E-state index >= 15 is 0 Å². The van der Waals surface area contributed by atoms with Gasteiger partial charge in [0.15, 0.2) is 0 Å². The van der Waals surface area contributed by atoms with Gasteiger partial charge in [0.25, 0.3) is 0 Å². The highest BCUT2D eigenvalue weighted by molar-refractivity contribution is 9.10. The van der Waals surface area contributed by atoms with E-state index in [1.54, 1.807) is 18.2 Å². The van der Waals surface area contributed by atoms with Crippen LogP contribution in [0.4, 0.5) is 10.5 Å². The number of ether oxygens (including phenoxy) is 1. The number of carbonyl (C=O) groups is 2. The lowest BCUT2D eigenvalue weighted by Crippen LogP contribution is -2.47. The van der Waals surface area contributed by atoms with Crippen LogP contribution in [0.15, 0.2) is 22.7 Å². The lowest BCUT2D eigenvalue weighted by atomic mass is 10.3. The van der Waals surface area contributed by atoms with E-state index in [1.807, 2.05) is 13.8 Å². The molecular weight excluding hydrogens is 356 g/mol. The van der Waals surface area contributed by atoms with Gasteiger partial charge in [0.05, 0.1) is 22.7 Å². The molecule has 0 saturated heterocycles.